The fourth-order valence-electron chi connectivity index (χ4n) is 2.77. The smallest absolute Gasteiger partial charge is 0.0146 e. The first-order chi connectivity index (χ1) is 8.68. The number of benzene rings is 1. The minimum Gasteiger partial charge on any atom is -0.316 e. The van der Waals surface area contributed by atoms with Crippen molar-refractivity contribution in [2.75, 3.05) is 13.1 Å². The van der Waals surface area contributed by atoms with Gasteiger partial charge in [-0.25, -0.2) is 0 Å². The van der Waals surface area contributed by atoms with Crippen molar-refractivity contribution in [3.63, 3.8) is 0 Å². The van der Waals surface area contributed by atoms with Crippen LogP contribution in [0, 0.1) is 0 Å². The molecular formula is C17H25N. The van der Waals surface area contributed by atoms with Gasteiger partial charge < -0.3 is 5.32 Å². The normalized spacial score (nSPS) is 17.6. The summed E-state index contributed by atoms with van der Waals surface area (Å²) in [6, 6.07) is 9.26. The van der Waals surface area contributed by atoms with Gasteiger partial charge in [0.2, 0.25) is 0 Å². The van der Waals surface area contributed by atoms with Crippen LogP contribution in [0.1, 0.15) is 50.7 Å². The van der Waals surface area contributed by atoms with Gasteiger partial charge in [-0.3, -0.25) is 0 Å². The van der Waals surface area contributed by atoms with Gasteiger partial charge in [0.15, 0.2) is 0 Å². The molecule has 0 amide bonds. The van der Waals surface area contributed by atoms with Crippen molar-refractivity contribution in [2.45, 2.75) is 44.9 Å². The molecule has 0 aromatic heterocycles. The third-order valence-electron chi connectivity index (χ3n) is 4.09. The van der Waals surface area contributed by atoms with Crippen LogP contribution < -0.4 is 5.32 Å². The van der Waals surface area contributed by atoms with Gasteiger partial charge in [-0.2, -0.15) is 0 Å². The molecule has 1 aliphatic carbocycles. The molecule has 98 valence electrons. The SMILES string of the molecule is CCNCC1(c2ccc(C(C)C)cc2)CC=CC1. The van der Waals surface area contributed by atoms with Crippen molar-refractivity contribution in [3.05, 3.63) is 47.5 Å². The summed E-state index contributed by atoms with van der Waals surface area (Å²) in [6.45, 7) is 8.81. The maximum absolute atomic E-state index is 3.53. The molecule has 0 spiro atoms. The maximum atomic E-state index is 3.53. The minimum absolute atomic E-state index is 0.297. The second kappa shape index (κ2) is 5.71. The molecule has 0 radical (unpaired) electrons. The number of nitrogens with one attached hydrogen (secondary N) is 1. The topological polar surface area (TPSA) is 12.0 Å². The lowest BCUT2D eigenvalue weighted by molar-refractivity contribution is 0.424. The Morgan fingerprint density at radius 2 is 1.72 bits per heavy atom. The van der Waals surface area contributed by atoms with E-state index in [1.807, 2.05) is 0 Å². The van der Waals surface area contributed by atoms with Crippen LogP contribution in [0.3, 0.4) is 0 Å². The number of allylic oxidation sites excluding steroid dienone is 2. The second-order valence-electron chi connectivity index (χ2n) is 5.72. The monoisotopic (exact) mass is 243 g/mol. The molecule has 0 saturated heterocycles. The minimum atomic E-state index is 0.297. The van der Waals surface area contributed by atoms with Gasteiger partial charge in [0.25, 0.3) is 0 Å². The van der Waals surface area contributed by atoms with Crippen molar-refractivity contribution in [1.29, 1.82) is 0 Å². The Labute approximate surface area is 111 Å². The standard InChI is InChI=1S/C17H25N/c1-4-18-13-17(11-5-6-12-17)16-9-7-15(8-10-16)14(2)3/h5-10,14,18H,4,11-13H2,1-3H3. The number of hydrogen-bond donors (Lipinski definition) is 1. The van der Waals surface area contributed by atoms with Crippen molar-refractivity contribution in [2.24, 2.45) is 0 Å². The molecule has 0 saturated carbocycles. The first-order valence-corrected chi connectivity index (χ1v) is 7.14. The van der Waals surface area contributed by atoms with Crippen LogP contribution in [-0.4, -0.2) is 13.1 Å². The van der Waals surface area contributed by atoms with Crippen LogP contribution in [0.4, 0.5) is 0 Å². The van der Waals surface area contributed by atoms with Crippen molar-refractivity contribution in [1.82, 2.24) is 5.32 Å². The molecule has 0 unspecified atom stereocenters. The van der Waals surface area contributed by atoms with Gasteiger partial charge in [-0.05, 0) is 36.4 Å². The Bertz CT molecular complexity index is 392. The van der Waals surface area contributed by atoms with E-state index in [-0.39, 0.29) is 0 Å². The van der Waals surface area contributed by atoms with Crippen LogP contribution in [0.15, 0.2) is 36.4 Å². The van der Waals surface area contributed by atoms with Gasteiger partial charge in [-0.1, -0.05) is 57.2 Å². The molecular weight excluding hydrogens is 218 g/mol. The van der Waals surface area contributed by atoms with Gasteiger partial charge in [0.1, 0.15) is 0 Å². The highest BCUT2D eigenvalue weighted by Crippen LogP contribution is 2.37. The predicted octanol–water partition coefficient (Wildman–Crippen LogP) is 4.01. The van der Waals surface area contributed by atoms with Crippen LogP contribution in [0.5, 0.6) is 0 Å². The third-order valence-corrected chi connectivity index (χ3v) is 4.09. The first-order valence-electron chi connectivity index (χ1n) is 7.14. The van der Waals surface area contributed by atoms with Gasteiger partial charge in [0.05, 0.1) is 0 Å². The summed E-state index contributed by atoms with van der Waals surface area (Å²) in [5.41, 5.74) is 3.21. The fourth-order valence-corrected chi connectivity index (χ4v) is 2.77. The Kier molecular flexibility index (Phi) is 4.23. The molecule has 18 heavy (non-hydrogen) atoms. The molecule has 0 bridgehead atoms. The molecule has 1 heteroatoms. The Hall–Kier alpha value is -1.08. The van der Waals surface area contributed by atoms with Crippen LogP contribution in [0.2, 0.25) is 0 Å². The van der Waals surface area contributed by atoms with E-state index in [0.717, 1.165) is 13.1 Å². The maximum Gasteiger partial charge on any atom is 0.0146 e. The number of rotatable bonds is 5. The predicted molar refractivity (Wildman–Crippen MR) is 79.1 cm³/mol. The summed E-state index contributed by atoms with van der Waals surface area (Å²) in [4.78, 5) is 0. The molecule has 1 nitrogen and oxygen atoms in total. The van der Waals surface area contributed by atoms with E-state index in [2.05, 4.69) is 62.5 Å². The number of likely N-dealkylation sites (N-methyl/N-ethyl adjacent to an activating group) is 1. The molecule has 0 atom stereocenters. The second-order valence-corrected chi connectivity index (χ2v) is 5.72. The Morgan fingerprint density at radius 1 is 1.11 bits per heavy atom. The van der Waals surface area contributed by atoms with Gasteiger partial charge in [0, 0.05) is 12.0 Å². The Morgan fingerprint density at radius 3 is 2.22 bits per heavy atom. The molecule has 2 rings (SSSR count). The quantitative estimate of drug-likeness (QED) is 0.771. The zero-order valence-electron chi connectivity index (χ0n) is 11.9. The van der Waals surface area contributed by atoms with Gasteiger partial charge in [-0.15, -0.1) is 0 Å². The lowest BCUT2D eigenvalue weighted by Crippen LogP contribution is -2.36. The zero-order valence-corrected chi connectivity index (χ0v) is 11.9. The Balaban J connectivity index is 2.20. The highest BCUT2D eigenvalue weighted by Gasteiger charge is 2.32. The fraction of sp³-hybridized carbons (Fsp3) is 0.529. The van der Waals surface area contributed by atoms with E-state index < -0.39 is 0 Å². The summed E-state index contributed by atoms with van der Waals surface area (Å²) in [5.74, 6) is 0.616. The average Bonchev–Trinajstić information content (AvgIpc) is 2.86. The van der Waals surface area contributed by atoms with E-state index in [1.165, 1.54) is 24.0 Å². The van der Waals surface area contributed by atoms with Crippen molar-refractivity contribution < 1.29 is 0 Å². The van der Waals surface area contributed by atoms with Crippen LogP contribution in [-0.2, 0) is 5.41 Å². The summed E-state index contributed by atoms with van der Waals surface area (Å²) >= 11 is 0. The molecule has 1 aliphatic rings. The first kappa shape index (κ1) is 13.4. The highest BCUT2D eigenvalue weighted by molar-refractivity contribution is 5.34. The van der Waals surface area contributed by atoms with Crippen LogP contribution in [0.25, 0.3) is 0 Å². The molecule has 1 N–H and O–H groups in total. The number of hydrogen-bond acceptors (Lipinski definition) is 1. The molecule has 0 aliphatic heterocycles. The van der Waals surface area contributed by atoms with E-state index in [0.29, 0.717) is 11.3 Å². The summed E-state index contributed by atoms with van der Waals surface area (Å²) in [7, 11) is 0. The summed E-state index contributed by atoms with van der Waals surface area (Å²) < 4.78 is 0. The average molecular weight is 243 g/mol. The lowest BCUT2D eigenvalue weighted by atomic mass is 9.77. The largest absolute Gasteiger partial charge is 0.316 e. The van der Waals surface area contributed by atoms with Crippen molar-refractivity contribution >= 4 is 0 Å². The summed E-state index contributed by atoms with van der Waals surface area (Å²) in [5, 5.41) is 3.53. The molecule has 0 fully saturated rings. The van der Waals surface area contributed by atoms with E-state index >= 15 is 0 Å². The lowest BCUT2D eigenvalue weighted by Gasteiger charge is -2.30. The highest BCUT2D eigenvalue weighted by atomic mass is 14.9. The third kappa shape index (κ3) is 2.67. The summed E-state index contributed by atoms with van der Waals surface area (Å²) in [6.07, 6.45) is 6.99. The van der Waals surface area contributed by atoms with E-state index in [9.17, 15) is 0 Å². The van der Waals surface area contributed by atoms with Crippen LogP contribution >= 0.6 is 0 Å². The molecule has 1 aromatic carbocycles. The van der Waals surface area contributed by atoms with E-state index in [1.54, 1.807) is 0 Å². The zero-order chi connectivity index (χ0) is 13.0. The van der Waals surface area contributed by atoms with E-state index in [4.69, 9.17) is 0 Å². The van der Waals surface area contributed by atoms with Crippen molar-refractivity contribution in [3.8, 4) is 0 Å². The van der Waals surface area contributed by atoms with Gasteiger partial charge >= 0.3 is 0 Å². The molecule has 1 aromatic rings. The molecule has 0 heterocycles.